The van der Waals surface area contributed by atoms with E-state index in [1.165, 1.54) is 0 Å². The molecule has 0 saturated carbocycles. The molecule has 0 rings (SSSR count). The predicted molar refractivity (Wildman–Crippen MR) is 320 cm³/mol. The van der Waals surface area contributed by atoms with E-state index >= 15 is 0 Å². The van der Waals surface area contributed by atoms with Gasteiger partial charge in [0.15, 0.2) is 0 Å². The summed E-state index contributed by atoms with van der Waals surface area (Å²) < 4.78 is 132. The Hall–Kier alpha value is -1.77. The van der Waals surface area contributed by atoms with Crippen molar-refractivity contribution in [1.29, 1.82) is 0 Å². The van der Waals surface area contributed by atoms with E-state index in [0.29, 0.717) is 310 Å². The van der Waals surface area contributed by atoms with Crippen molar-refractivity contribution in [3.63, 3.8) is 0 Å². The third-order valence-corrected chi connectivity index (χ3v) is 9.66. The van der Waals surface area contributed by atoms with Gasteiger partial charge >= 0.3 is 6.09 Å². The summed E-state index contributed by atoms with van der Waals surface area (Å²) in [7, 11) is 6.83. The molecular formula is C57H121N3O26. The first kappa shape index (κ1) is 88.4. The van der Waals surface area contributed by atoms with Crippen LogP contribution in [0.2, 0.25) is 0 Å². The highest BCUT2D eigenvalue weighted by atomic mass is 16.6. The Labute approximate surface area is 516 Å². The minimum Gasteiger partial charge on any atom is -0.444 e. The number of carbonyl (C=O) groups is 1. The average Bonchev–Trinajstić information content (AvgIpc) is 3.50. The molecule has 0 aliphatic heterocycles. The van der Waals surface area contributed by atoms with Crippen LogP contribution in [-0.4, -0.2) is 357 Å². The van der Waals surface area contributed by atoms with Gasteiger partial charge in [0.25, 0.3) is 0 Å². The molecule has 1 amide bonds. The summed E-state index contributed by atoms with van der Waals surface area (Å²) in [5, 5.41) is 5.64. The van der Waals surface area contributed by atoms with Gasteiger partial charge in [-0.05, 0) is 27.8 Å². The molecule has 0 aliphatic rings. The first-order valence-corrected chi connectivity index (χ1v) is 30.2. The van der Waals surface area contributed by atoms with Gasteiger partial charge in [0, 0.05) is 41.0 Å². The van der Waals surface area contributed by atoms with E-state index in [4.69, 9.17) is 124 Å². The zero-order chi connectivity index (χ0) is 63.1. The van der Waals surface area contributed by atoms with Gasteiger partial charge in [0.1, 0.15) is 5.60 Å². The number of methoxy groups -OCH3 is 3. The second-order valence-electron chi connectivity index (χ2n) is 18.2. The van der Waals surface area contributed by atoms with Crippen molar-refractivity contribution in [2.24, 2.45) is 5.73 Å². The Morgan fingerprint density at radius 1 is 0.267 bits per heavy atom. The Bertz CT molecular complexity index is 1150. The normalized spacial score (nSPS) is 11.4. The first-order chi connectivity index (χ1) is 42.3. The van der Waals surface area contributed by atoms with Gasteiger partial charge in [0.05, 0.1) is 297 Å². The lowest BCUT2D eigenvalue weighted by molar-refractivity contribution is -0.0220. The van der Waals surface area contributed by atoms with Crippen LogP contribution in [0.4, 0.5) is 4.79 Å². The molecule has 0 aliphatic carbocycles. The van der Waals surface area contributed by atoms with E-state index in [0.717, 1.165) is 6.54 Å². The van der Waals surface area contributed by atoms with Crippen LogP contribution in [0, 0.1) is 0 Å². The zero-order valence-electron chi connectivity index (χ0n) is 54.1. The van der Waals surface area contributed by atoms with Gasteiger partial charge in [-0.15, -0.1) is 0 Å². The largest absolute Gasteiger partial charge is 0.444 e. The number of rotatable bonds is 71. The Morgan fingerprint density at radius 3 is 0.593 bits per heavy atom. The number of hydrogen-bond donors (Lipinski definition) is 3. The lowest BCUT2D eigenvalue weighted by Crippen LogP contribution is -2.34. The molecule has 0 spiro atoms. The van der Waals surface area contributed by atoms with Crippen molar-refractivity contribution in [2.75, 3.05) is 345 Å². The van der Waals surface area contributed by atoms with E-state index in [2.05, 4.69) is 10.6 Å². The van der Waals surface area contributed by atoms with E-state index in [1.807, 2.05) is 27.8 Å². The van der Waals surface area contributed by atoms with Crippen molar-refractivity contribution in [2.45, 2.75) is 26.4 Å². The highest BCUT2D eigenvalue weighted by Gasteiger charge is 2.15. The fraction of sp³-hybridized carbons (Fsp3) is 0.982. The number of amides is 1. The Balaban J connectivity index is -0.00000121. The van der Waals surface area contributed by atoms with Gasteiger partial charge in [-0.1, -0.05) is 0 Å². The van der Waals surface area contributed by atoms with E-state index in [-0.39, 0.29) is 0 Å². The molecule has 0 heterocycles. The molecular weight excluding hydrogens is 1140 g/mol. The van der Waals surface area contributed by atoms with Gasteiger partial charge < -0.3 is 135 Å². The fourth-order valence-electron chi connectivity index (χ4n) is 5.49. The molecule has 0 bridgehead atoms. The zero-order valence-corrected chi connectivity index (χ0v) is 54.1. The molecule has 29 nitrogen and oxygen atoms in total. The first-order valence-electron chi connectivity index (χ1n) is 30.2. The van der Waals surface area contributed by atoms with Gasteiger partial charge in [0.2, 0.25) is 0 Å². The number of carbonyl (C=O) groups excluding carboxylic acids is 1. The maximum atomic E-state index is 11.4. The summed E-state index contributed by atoms with van der Waals surface area (Å²) in [6, 6.07) is 0. The summed E-state index contributed by atoms with van der Waals surface area (Å²) in [5.41, 5.74) is 4.80. The smallest absolute Gasteiger partial charge is 0.407 e. The third-order valence-electron chi connectivity index (χ3n) is 9.66. The predicted octanol–water partition coefficient (Wildman–Crippen LogP) is 0.950. The minimum atomic E-state index is -0.502. The molecule has 0 aromatic carbocycles. The fourth-order valence-corrected chi connectivity index (χ4v) is 5.49. The van der Waals surface area contributed by atoms with Crippen LogP contribution >= 0.6 is 0 Å². The molecule has 4 N–H and O–H groups in total. The Morgan fingerprint density at radius 2 is 0.430 bits per heavy atom. The van der Waals surface area contributed by atoms with Crippen LogP contribution in [0.15, 0.2) is 0 Å². The monoisotopic (exact) mass is 1260 g/mol. The maximum absolute atomic E-state index is 11.4. The summed E-state index contributed by atoms with van der Waals surface area (Å²) in [4.78, 5) is 11.4. The van der Waals surface area contributed by atoms with Gasteiger partial charge in [-0.2, -0.15) is 0 Å². The quantitative estimate of drug-likeness (QED) is 0.0714. The summed E-state index contributed by atoms with van der Waals surface area (Å²) in [5.74, 6) is 0. The maximum Gasteiger partial charge on any atom is 0.407 e. The molecule has 0 aromatic heterocycles. The lowest BCUT2D eigenvalue weighted by atomic mass is 10.2. The summed E-state index contributed by atoms with van der Waals surface area (Å²) >= 11 is 0. The van der Waals surface area contributed by atoms with Crippen LogP contribution in [0.3, 0.4) is 0 Å². The summed E-state index contributed by atoms with van der Waals surface area (Å²) in [6.45, 7) is 31.9. The molecule has 0 atom stereocenters. The molecule has 0 fully saturated rings. The number of likely N-dealkylation sites (N-methyl/N-ethyl adjacent to an activating group) is 1. The van der Waals surface area contributed by atoms with Gasteiger partial charge in [-0.25, -0.2) is 4.79 Å². The topological polar surface area (TPSA) is 298 Å². The van der Waals surface area contributed by atoms with Crippen LogP contribution < -0.4 is 16.4 Å². The number of nitrogens with two attached hydrogens (primary N) is 1. The van der Waals surface area contributed by atoms with Crippen molar-refractivity contribution in [3.8, 4) is 0 Å². The van der Waals surface area contributed by atoms with Crippen LogP contribution in [0.25, 0.3) is 0 Å². The molecule has 86 heavy (non-hydrogen) atoms. The summed E-state index contributed by atoms with van der Waals surface area (Å²) in [6.07, 6.45) is -0.447. The van der Waals surface area contributed by atoms with Crippen molar-refractivity contribution >= 4 is 6.09 Å². The number of alkyl carbamates (subject to hydrolysis) is 1. The number of nitrogens with one attached hydrogen (secondary N) is 2. The average molecular weight is 1260 g/mol. The highest BCUT2D eigenvalue weighted by Crippen LogP contribution is 2.06. The van der Waals surface area contributed by atoms with Crippen LogP contribution in [0.5, 0.6) is 0 Å². The molecule has 29 heteroatoms. The van der Waals surface area contributed by atoms with Crippen molar-refractivity contribution in [3.05, 3.63) is 0 Å². The third kappa shape index (κ3) is 93.4. The van der Waals surface area contributed by atoms with Crippen molar-refractivity contribution < 1.29 is 123 Å². The SMILES string of the molecule is CNCCOCCOCCOCCOCCOCCOCCOCCOC.COCCOCCOCCOCCOCCOCCOCCOCCN.COCCOCCOCCOCCOCCOCCOCCOCCNC(=O)OC(C)(C)C. The molecule has 520 valence electrons. The molecule has 0 aromatic rings. The van der Waals surface area contributed by atoms with Gasteiger partial charge in [-0.3, -0.25) is 0 Å². The molecule has 0 radical (unpaired) electrons. The molecule has 0 unspecified atom stereocenters. The van der Waals surface area contributed by atoms with Crippen molar-refractivity contribution in [1.82, 2.24) is 10.6 Å². The standard InChI is InChI=1S/C22H45NO10.C18H39NO8.C17H37NO8/c1-22(2,3)33-21(24)23-5-6-26-9-10-28-13-14-30-17-18-32-20-19-31-16-15-29-12-11-27-8-7-25-4;1-19-3-4-21-7-8-23-11-12-25-15-16-27-18-17-26-14-13-24-10-9-22-6-5-20-2;1-19-4-5-21-8-9-23-12-13-25-16-17-26-15-14-24-11-10-22-7-6-20-3-2-18/h5-20H2,1-4H3,(H,23,24);19H,3-18H2,1-2H3;2-18H2,1H3. The molecule has 0 saturated heterocycles. The lowest BCUT2D eigenvalue weighted by Gasteiger charge is -2.19. The Kier molecular flexibility index (Phi) is 85.6. The minimum absolute atomic E-state index is 0.391. The number of ether oxygens (including phenoxy) is 25. The second kappa shape index (κ2) is 83.2. The van der Waals surface area contributed by atoms with E-state index < -0.39 is 11.7 Å². The van der Waals surface area contributed by atoms with Crippen LogP contribution in [0.1, 0.15) is 20.8 Å². The van der Waals surface area contributed by atoms with Crippen LogP contribution in [-0.2, 0) is 118 Å². The second-order valence-corrected chi connectivity index (χ2v) is 18.2. The van der Waals surface area contributed by atoms with E-state index in [9.17, 15) is 4.79 Å². The van der Waals surface area contributed by atoms with E-state index in [1.54, 1.807) is 21.3 Å². The number of hydrogen-bond acceptors (Lipinski definition) is 28. The highest BCUT2D eigenvalue weighted by molar-refractivity contribution is 5.67.